The van der Waals surface area contributed by atoms with E-state index in [1.807, 2.05) is 6.92 Å². The summed E-state index contributed by atoms with van der Waals surface area (Å²) in [5, 5.41) is 11.0. The molecular formula is C16H18N2O4. The molecule has 0 bridgehead atoms. The third kappa shape index (κ3) is 3.21. The zero-order valence-corrected chi connectivity index (χ0v) is 12.8. The standard InChI is InChI=1S/C16H18N2O4/c1-4-22-16(19)15-11(3)17-10(2)8-14(15)12-6-5-7-13(9-12)18(20)21/h5-7,9,14H,4,8H2,1-3H3. The zero-order chi connectivity index (χ0) is 16.3. The molecule has 1 aromatic rings. The molecule has 0 saturated heterocycles. The summed E-state index contributed by atoms with van der Waals surface area (Å²) in [6, 6.07) is 6.37. The van der Waals surface area contributed by atoms with Gasteiger partial charge in [-0.2, -0.15) is 0 Å². The number of carbonyl (C=O) groups is 1. The Balaban J connectivity index is 2.48. The summed E-state index contributed by atoms with van der Waals surface area (Å²) in [6.45, 7) is 5.67. The van der Waals surface area contributed by atoms with E-state index in [-0.39, 0.29) is 18.2 Å². The van der Waals surface area contributed by atoms with Gasteiger partial charge in [-0.15, -0.1) is 0 Å². The average molecular weight is 302 g/mol. The molecule has 1 aliphatic heterocycles. The van der Waals surface area contributed by atoms with Gasteiger partial charge in [0.05, 0.1) is 17.1 Å². The van der Waals surface area contributed by atoms with Crippen molar-refractivity contribution < 1.29 is 14.5 Å². The Morgan fingerprint density at radius 3 is 2.82 bits per heavy atom. The topological polar surface area (TPSA) is 81.8 Å². The molecule has 6 heteroatoms. The van der Waals surface area contributed by atoms with Crippen molar-refractivity contribution in [3.05, 3.63) is 51.2 Å². The molecular weight excluding hydrogens is 284 g/mol. The number of rotatable bonds is 4. The maximum Gasteiger partial charge on any atom is 0.336 e. The van der Waals surface area contributed by atoms with Gasteiger partial charge < -0.3 is 4.74 Å². The molecule has 1 aliphatic rings. The molecule has 0 N–H and O–H groups in total. The summed E-state index contributed by atoms with van der Waals surface area (Å²) in [6.07, 6.45) is 0.548. The lowest BCUT2D eigenvalue weighted by molar-refractivity contribution is -0.384. The Morgan fingerprint density at radius 2 is 2.18 bits per heavy atom. The monoisotopic (exact) mass is 302 g/mol. The molecule has 1 heterocycles. The summed E-state index contributed by atoms with van der Waals surface area (Å²) < 4.78 is 5.12. The maximum atomic E-state index is 12.2. The highest BCUT2D eigenvalue weighted by molar-refractivity contribution is 5.96. The lowest BCUT2D eigenvalue weighted by atomic mass is 9.84. The van der Waals surface area contributed by atoms with Crippen LogP contribution in [0.4, 0.5) is 5.69 Å². The second-order valence-electron chi connectivity index (χ2n) is 5.18. The van der Waals surface area contributed by atoms with Crippen molar-refractivity contribution in [1.82, 2.24) is 0 Å². The van der Waals surface area contributed by atoms with Crippen LogP contribution in [0.15, 0.2) is 40.5 Å². The van der Waals surface area contributed by atoms with Gasteiger partial charge in [0, 0.05) is 29.5 Å². The SMILES string of the molecule is CCOC(=O)C1=C(C)N=C(C)CC1c1cccc([N+](=O)[O-])c1. The molecule has 0 saturated carbocycles. The number of nitro groups is 1. The van der Waals surface area contributed by atoms with E-state index in [2.05, 4.69) is 4.99 Å². The van der Waals surface area contributed by atoms with Crippen LogP contribution in [0.5, 0.6) is 0 Å². The second-order valence-corrected chi connectivity index (χ2v) is 5.18. The predicted molar refractivity (Wildman–Crippen MR) is 82.9 cm³/mol. The van der Waals surface area contributed by atoms with Crippen molar-refractivity contribution in [3.8, 4) is 0 Å². The van der Waals surface area contributed by atoms with Crippen LogP contribution in [0.3, 0.4) is 0 Å². The van der Waals surface area contributed by atoms with E-state index < -0.39 is 10.9 Å². The van der Waals surface area contributed by atoms with Crippen LogP contribution in [0.2, 0.25) is 0 Å². The quantitative estimate of drug-likeness (QED) is 0.485. The molecule has 1 aromatic carbocycles. The second kappa shape index (κ2) is 6.51. The van der Waals surface area contributed by atoms with Gasteiger partial charge in [-0.1, -0.05) is 12.1 Å². The number of nitrogens with zero attached hydrogens (tertiary/aromatic N) is 2. The van der Waals surface area contributed by atoms with Crippen LogP contribution in [0, 0.1) is 10.1 Å². The van der Waals surface area contributed by atoms with Crippen LogP contribution in [0.1, 0.15) is 38.7 Å². The molecule has 1 unspecified atom stereocenters. The van der Waals surface area contributed by atoms with E-state index in [0.29, 0.717) is 17.7 Å². The van der Waals surface area contributed by atoms with Gasteiger partial charge in [0.1, 0.15) is 0 Å². The summed E-state index contributed by atoms with van der Waals surface area (Å²) >= 11 is 0. The van der Waals surface area contributed by atoms with E-state index in [9.17, 15) is 14.9 Å². The number of ether oxygens (including phenoxy) is 1. The fourth-order valence-corrected chi connectivity index (χ4v) is 2.68. The zero-order valence-electron chi connectivity index (χ0n) is 12.8. The van der Waals surface area contributed by atoms with Gasteiger partial charge in [0.25, 0.3) is 5.69 Å². The van der Waals surface area contributed by atoms with Crippen molar-refractivity contribution in [2.45, 2.75) is 33.1 Å². The first-order chi connectivity index (χ1) is 10.4. The first kappa shape index (κ1) is 15.9. The highest BCUT2D eigenvalue weighted by atomic mass is 16.6. The molecule has 22 heavy (non-hydrogen) atoms. The molecule has 0 amide bonds. The minimum absolute atomic E-state index is 0.0125. The largest absolute Gasteiger partial charge is 0.463 e. The van der Waals surface area contributed by atoms with Crippen molar-refractivity contribution in [2.24, 2.45) is 4.99 Å². The van der Waals surface area contributed by atoms with Crippen LogP contribution in [0.25, 0.3) is 0 Å². The number of allylic oxidation sites excluding steroid dienone is 1. The van der Waals surface area contributed by atoms with Crippen molar-refractivity contribution >= 4 is 17.4 Å². The number of carbonyl (C=O) groups excluding carboxylic acids is 1. The normalized spacial score (nSPS) is 18.0. The van der Waals surface area contributed by atoms with Crippen LogP contribution in [-0.2, 0) is 9.53 Å². The minimum Gasteiger partial charge on any atom is -0.463 e. The first-order valence-corrected chi connectivity index (χ1v) is 7.10. The molecule has 116 valence electrons. The van der Waals surface area contributed by atoms with Crippen molar-refractivity contribution in [2.75, 3.05) is 6.61 Å². The first-order valence-electron chi connectivity index (χ1n) is 7.10. The molecule has 0 aromatic heterocycles. The van der Waals surface area contributed by atoms with E-state index >= 15 is 0 Å². The van der Waals surface area contributed by atoms with Gasteiger partial charge in [-0.25, -0.2) is 4.79 Å². The average Bonchev–Trinajstić information content (AvgIpc) is 2.46. The van der Waals surface area contributed by atoms with E-state index in [1.165, 1.54) is 12.1 Å². The molecule has 1 atom stereocenters. The Bertz CT molecular complexity index is 676. The molecule has 0 spiro atoms. The van der Waals surface area contributed by atoms with Gasteiger partial charge in [0.2, 0.25) is 0 Å². The number of esters is 1. The number of aliphatic imine (C=N–C) groups is 1. The summed E-state index contributed by atoms with van der Waals surface area (Å²) in [5.74, 6) is -0.677. The highest BCUT2D eigenvalue weighted by Crippen LogP contribution is 2.36. The fourth-order valence-electron chi connectivity index (χ4n) is 2.68. The molecule has 0 fully saturated rings. The summed E-state index contributed by atoms with van der Waals surface area (Å²) in [5.41, 5.74) is 2.72. The van der Waals surface area contributed by atoms with Crippen LogP contribution in [-0.4, -0.2) is 23.2 Å². The lowest BCUT2D eigenvalue weighted by Crippen LogP contribution is -2.21. The fraction of sp³-hybridized carbons (Fsp3) is 0.375. The predicted octanol–water partition coefficient (Wildman–Crippen LogP) is 3.38. The molecule has 6 nitrogen and oxygen atoms in total. The number of hydrogen-bond acceptors (Lipinski definition) is 5. The lowest BCUT2D eigenvalue weighted by Gasteiger charge is -2.24. The maximum absolute atomic E-state index is 12.2. The molecule has 0 radical (unpaired) electrons. The van der Waals surface area contributed by atoms with E-state index in [4.69, 9.17) is 4.74 Å². The van der Waals surface area contributed by atoms with E-state index in [0.717, 1.165) is 11.3 Å². The van der Waals surface area contributed by atoms with Crippen molar-refractivity contribution in [1.29, 1.82) is 0 Å². The van der Waals surface area contributed by atoms with Crippen molar-refractivity contribution in [3.63, 3.8) is 0 Å². The van der Waals surface area contributed by atoms with Crippen LogP contribution >= 0.6 is 0 Å². The Labute approximate surface area is 128 Å². The van der Waals surface area contributed by atoms with Gasteiger partial charge >= 0.3 is 5.97 Å². The Hall–Kier alpha value is -2.50. The van der Waals surface area contributed by atoms with Gasteiger partial charge in [-0.05, 0) is 32.8 Å². The number of hydrogen-bond donors (Lipinski definition) is 0. The van der Waals surface area contributed by atoms with Gasteiger partial charge in [-0.3, -0.25) is 15.1 Å². The number of nitro benzene ring substituents is 1. The number of non-ortho nitro benzene ring substituents is 1. The smallest absolute Gasteiger partial charge is 0.336 e. The third-order valence-electron chi connectivity index (χ3n) is 3.58. The highest BCUT2D eigenvalue weighted by Gasteiger charge is 2.30. The summed E-state index contributed by atoms with van der Waals surface area (Å²) in [7, 11) is 0. The van der Waals surface area contributed by atoms with E-state index in [1.54, 1.807) is 26.0 Å². The molecule has 2 rings (SSSR count). The Kier molecular flexibility index (Phi) is 4.70. The van der Waals surface area contributed by atoms with Crippen LogP contribution < -0.4 is 0 Å². The minimum atomic E-state index is -0.437. The summed E-state index contributed by atoms with van der Waals surface area (Å²) in [4.78, 5) is 27.1. The number of benzene rings is 1. The van der Waals surface area contributed by atoms with Gasteiger partial charge in [0.15, 0.2) is 0 Å². The molecule has 0 aliphatic carbocycles. The Morgan fingerprint density at radius 1 is 1.45 bits per heavy atom. The third-order valence-corrected chi connectivity index (χ3v) is 3.58.